The molecule has 1 aliphatic heterocycles. The Morgan fingerprint density at radius 1 is 1.29 bits per heavy atom. The van der Waals surface area contributed by atoms with Gasteiger partial charge in [-0.25, -0.2) is 13.1 Å². The Balaban J connectivity index is 1.85. The van der Waals surface area contributed by atoms with Crippen LogP contribution in [0, 0.1) is 13.8 Å². The van der Waals surface area contributed by atoms with Crippen LogP contribution >= 0.6 is 0 Å². The van der Waals surface area contributed by atoms with E-state index in [2.05, 4.69) is 10.0 Å². The fraction of sp³-hybridized carbons (Fsp3) is 0.600. The highest BCUT2D eigenvalue weighted by molar-refractivity contribution is 7.89. The predicted octanol–water partition coefficient (Wildman–Crippen LogP) is 1.35. The molecule has 0 radical (unpaired) electrons. The Kier molecular flexibility index (Phi) is 5.75. The van der Waals surface area contributed by atoms with Gasteiger partial charge in [0.2, 0.25) is 10.0 Å². The molecule has 0 atom stereocenters. The first-order valence-corrected chi connectivity index (χ1v) is 8.86. The number of rotatable bonds is 6. The molecule has 0 bridgehead atoms. The highest BCUT2D eigenvalue weighted by atomic mass is 32.2. The van der Waals surface area contributed by atoms with Gasteiger partial charge in [-0.15, -0.1) is 0 Å². The van der Waals surface area contributed by atoms with Crippen molar-refractivity contribution in [1.29, 1.82) is 0 Å². The highest BCUT2D eigenvalue weighted by Gasteiger charge is 2.17. The number of piperidine rings is 1. The van der Waals surface area contributed by atoms with Gasteiger partial charge in [-0.3, -0.25) is 0 Å². The fourth-order valence-electron chi connectivity index (χ4n) is 2.44. The smallest absolute Gasteiger partial charge is 0.240 e. The lowest BCUT2D eigenvalue weighted by molar-refractivity contribution is 0.0367. The van der Waals surface area contributed by atoms with Gasteiger partial charge < -0.3 is 10.1 Å². The zero-order valence-electron chi connectivity index (χ0n) is 12.7. The van der Waals surface area contributed by atoms with E-state index < -0.39 is 10.0 Å². The summed E-state index contributed by atoms with van der Waals surface area (Å²) in [4.78, 5) is 0.351. The molecule has 0 spiro atoms. The van der Waals surface area contributed by atoms with Gasteiger partial charge in [0, 0.05) is 6.54 Å². The van der Waals surface area contributed by atoms with Crippen molar-refractivity contribution in [3.05, 3.63) is 29.3 Å². The molecule has 6 heteroatoms. The molecule has 1 aromatic rings. The van der Waals surface area contributed by atoms with Gasteiger partial charge in [0.05, 0.1) is 17.6 Å². The summed E-state index contributed by atoms with van der Waals surface area (Å²) in [6.07, 6.45) is 2.23. The summed E-state index contributed by atoms with van der Waals surface area (Å²) < 4.78 is 32.9. The molecular weight excluding hydrogens is 288 g/mol. The van der Waals surface area contributed by atoms with Gasteiger partial charge in [0.15, 0.2) is 0 Å². The lowest BCUT2D eigenvalue weighted by Gasteiger charge is -2.23. The maximum atomic E-state index is 12.3. The molecule has 1 aromatic carbocycles. The predicted molar refractivity (Wildman–Crippen MR) is 82.9 cm³/mol. The number of nitrogens with one attached hydrogen (secondary N) is 2. The first kappa shape index (κ1) is 16.4. The Hall–Kier alpha value is -0.950. The quantitative estimate of drug-likeness (QED) is 0.778. The SMILES string of the molecule is Cc1ccc(C)c(S(=O)(=O)NCCOC2CCNCC2)c1. The number of benzene rings is 1. The van der Waals surface area contributed by atoms with Crippen LogP contribution in [0.1, 0.15) is 24.0 Å². The second kappa shape index (κ2) is 7.35. The van der Waals surface area contributed by atoms with Gasteiger partial charge in [-0.2, -0.15) is 0 Å². The average molecular weight is 312 g/mol. The zero-order chi connectivity index (χ0) is 15.3. The average Bonchev–Trinajstić information content (AvgIpc) is 2.47. The van der Waals surface area contributed by atoms with E-state index in [-0.39, 0.29) is 6.10 Å². The van der Waals surface area contributed by atoms with E-state index in [1.807, 2.05) is 19.1 Å². The van der Waals surface area contributed by atoms with E-state index in [9.17, 15) is 8.42 Å². The summed E-state index contributed by atoms with van der Waals surface area (Å²) >= 11 is 0. The van der Waals surface area contributed by atoms with Crippen LogP contribution in [0.4, 0.5) is 0 Å². The lowest BCUT2D eigenvalue weighted by atomic mass is 10.1. The fourth-order valence-corrected chi connectivity index (χ4v) is 3.78. The molecule has 1 heterocycles. The first-order chi connectivity index (χ1) is 9.99. The summed E-state index contributed by atoms with van der Waals surface area (Å²) in [5.74, 6) is 0. The number of ether oxygens (including phenoxy) is 1. The lowest BCUT2D eigenvalue weighted by Crippen LogP contribution is -2.35. The second-order valence-electron chi connectivity index (χ2n) is 5.49. The zero-order valence-corrected chi connectivity index (χ0v) is 13.5. The van der Waals surface area contributed by atoms with Crippen LogP contribution in [0.25, 0.3) is 0 Å². The van der Waals surface area contributed by atoms with Crippen molar-refractivity contribution in [3.8, 4) is 0 Å². The van der Waals surface area contributed by atoms with Crippen LogP contribution in [0.3, 0.4) is 0 Å². The summed E-state index contributed by atoms with van der Waals surface area (Å²) in [7, 11) is -3.46. The molecule has 0 saturated carbocycles. The number of hydrogen-bond acceptors (Lipinski definition) is 4. The Morgan fingerprint density at radius 3 is 2.71 bits per heavy atom. The third-order valence-corrected chi connectivity index (χ3v) is 5.27. The first-order valence-electron chi connectivity index (χ1n) is 7.38. The maximum absolute atomic E-state index is 12.3. The van der Waals surface area contributed by atoms with Crippen LogP contribution in [-0.4, -0.2) is 40.8 Å². The molecule has 21 heavy (non-hydrogen) atoms. The van der Waals surface area contributed by atoms with Gasteiger partial charge in [-0.05, 0) is 57.0 Å². The van der Waals surface area contributed by atoms with Gasteiger partial charge >= 0.3 is 0 Å². The third-order valence-electron chi connectivity index (χ3n) is 3.67. The standard InChI is InChI=1S/C15H24N2O3S/c1-12-3-4-13(2)15(11-12)21(18,19)17-9-10-20-14-5-7-16-8-6-14/h3-4,11,14,16-17H,5-10H2,1-2H3. The number of sulfonamides is 1. The van der Waals surface area contributed by atoms with E-state index in [1.165, 1.54) is 0 Å². The summed E-state index contributed by atoms with van der Waals surface area (Å²) in [6.45, 7) is 6.35. The van der Waals surface area contributed by atoms with Crippen molar-refractivity contribution in [3.63, 3.8) is 0 Å². The molecule has 0 aliphatic carbocycles. The minimum Gasteiger partial charge on any atom is -0.377 e. The minimum absolute atomic E-state index is 0.247. The topological polar surface area (TPSA) is 67.4 Å². The van der Waals surface area contributed by atoms with E-state index in [4.69, 9.17) is 4.74 Å². The molecule has 1 aliphatic rings. The van der Waals surface area contributed by atoms with Gasteiger partial charge in [-0.1, -0.05) is 12.1 Å². The van der Waals surface area contributed by atoms with Crippen molar-refractivity contribution >= 4 is 10.0 Å². The Morgan fingerprint density at radius 2 is 2.00 bits per heavy atom. The van der Waals surface area contributed by atoms with E-state index in [0.29, 0.717) is 18.0 Å². The third kappa shape index (κ3) is 4.78. The molecule has 118 valence electrons. The van der Waals surface area contributed by atoms with Crippen LogP contribution < -0.4 is 10.0 Å². The van der Waals surface area contributed by atoms with Crippen molar-refractivity contribution in [2.75, 3.05) is 26.2 Å². The molecular formula is C15H24N2O3S. The van der Waals surface area contributed by atoms with Gasteiger partial charge in [0.25, 0.3) is 0 Å². The van der Waals surface area contributed by atoms with Crippen LogP contribution in [0.15, 0.2) is 23.1 Å². The molecule has 5 nitrogen and oxygen atoms in total. The molecule has 1 saturated heterocycles. The number of aryl methyl sites for hydroxylation is 2. The van der Waals surface area contributed by atoms with E-state index in [1.54, 1.807) is 13.0 Å². The second-order valence-corrected chi connectivity index (χ2v) is 7.22. The minimum atomic E-state index is -3.46. The molecule has 0 unspecified atom stereocenters. The highest BCUT2D eigenvalue weighted by Crippen LogP contribution is 2.16. The van der Waals surface area contributed by atoms with Crippen molar-refractivity contribution < 1.29 is 13.2 Å². The summed E-state index contributed by atoms with van der Waals surface area (Å²) in [5.41, 5.74) is 1.69. The molecule has 0 amide bonds. The van der Waals surface area contributed by atoms with E-state index in [0.717, 1.165) is 37.1 Å². The molecule has 0 aromatic heterocycles. The van der Waals surface area contributed by atoms with E-state index >= 15 is 0 Å². The monoisotopic (exact) mass is 312 g/mol. The summed E-state index contributed by atoms with van der Waals surface area (Å²) in [5, 5.41) is 3.27. The van der Waals surface area contributed by atoms with Crippen LogP contribution in [0.5, 0.6) is 0 Å². The molecule has 2 rings (SSSR count). The maximum Gasteiger partial charge on any atom is 0.240 e. The van der Waals surface area contributed by atoms with Crippen molar-refractivity contribution in [2.45, 2.75) is 37.7 Å². The Labute approximate surface area is 127 Å². The normalized spacial score (nSPS) is 17.0. The van der Waals surface area contributed by atoms with Crippen LogP contribution in [0.2, 0.25) is 0 Å². The number of hydrogen-bond donors (Lipinski definition) is 2. The van der Waals surface area contributed by atoms with Crippen molar-refractivity contribution in [1.82, 2.24) is 10.0 Å². The van der Waals surface area contributed by atoms with Gasteiger partial charge in [0.1, 0.15) is 0 Å². The molecule has 1 fully saturated rings. The Bertz CT molecular complexity index is 566. The van der Waals surface area contributed by atoms with Crippen LogP contribution in [-0.2, 0) is 14.8 Å². The van der Waals surface area contributed by atoms with Crippen molar-refractivity contribution in [2.24, 2.45) is 0 Å². The largest absolute Gasteiger partial charge is 0.377 e. The molecule has 2 N–H and O–H groups in total. The summed E-state index contributed by atoms with van der Waals surface area (Å²) in [6, 6.07) is 5.44.